The van der Waals surface area contributed by atoms with Crippen molar-refractivity contribution in [3.63, 3.8) is 0 Å². The van der Waals surface area contributed by atoms with Crippen molar-refractivity contribution >= 4 is 46.3 Å². The van der Waals surface area contributed by atoms with Gasteiger partial charge in [-0.1, -0.05) is 30.7 Å². The van der Waals surface area contributed by atoms with Crippen LogP contribution < -0.4 is 11.1 Å². The summed E-state index contributed by atoms with van der Waals surface area (Å²) in [6.07, 6.45) is 1.13. The molecule has 17 heavy (non-hydrogen) atoms. The first-order chi connectivity index (χ1) is 8.15. The largest absolute Gasteiger partial charge is 0.389 e. The van der Waals surface area contributed by atoms with E-state index in [1.165, 1.54) is 11.5 Å². The summed E-state index contributed by atoms with van der Waals surface area (Å²) < 4.78 is 0. The molecule has 0 atom stereocenters. The summed E-state index contributed by atoms with van der Waals surface area (Å²) in [6.45, 7) is 3.10. The minimum Gasteiger partial charge on any atom is -0.389 e. The average molecular weight is 289 g/mol. The van der Waals surface area contributed by atoms with Gasteiger partial charge in [-0.2, -0.15) is 11.8 Å². The Hall–Kier alpha value is -0.450. The maximum atomic E-state index is 6.13. The lowest BCUT2D eigenvalue weighted by molar-refractivity contribution is 0.992. The van der Waals surface area contributed by atoms with Gasteiger partial charge < -0.3 is 11.1 Å². The van der Waals surface area contributed by atoms with E-state index in [4.69, 9.17) is 29.6 Å². The molecule has 0 spiro atoms. The summed E-state index contributed by atoms with van der Waals surface area (Å²) in [7, 11) is 0. The molecule has 0 aromatic heterocycles. The van der Waals surface area contributed by atoms with Crippen LogP contribution in [0.3, 0.4) is 0 Å². The van der Waals surface area contributed by atoms with E-state index >= 15 is 0 Å². The van der Waals surface area contributed by atoms with Gasteiger partial charge in [-0.15, -0.1) is 0 Å². The SMILES string of the molecule is CCSCCCNc1ccc(C(N)=S)cc1Cl. The van der Waals surface area contributed by atoms with E-state index in [0.717, 1.165) is 24.2 Å². The van der Waals surface area contributed by atoms with Crippen LogP contribution in [0, 0.1) is 0 Å². The molecule has 5 heteroatoms. The number of halogens is 1. The van der Waals surface area contributed by atoms with Crippen molar-refractivity contribution in [2.24, 2.45) is 5.73 Å². The molecule has 1 rings (SSSR count). The van der Waals surface area contributed by atoms with Crippen LogP contribution in [0.1, 0.15) is 18.9 Å². The fraction of sp³-hybridized carbons (Fsp3) is 0.417. The molecule has 1 aromatic carbocycles. The zero-order chi connectivity index (χ0) is 12.7. The first-order valence-electron chi connectivity index (χ1n) is 5.56. The van der Waals surface area contributed by atoms with E-state index in [9.17, 15) is 0 Å². The van der Waals surface area contributed by atoms with Gasteiger partial charge in [-0.05, 0) is 36.1 Å². The number of hydrogen-bond acceptors (Lipinski definition) is 3. The number of benzene rings is 1. The molecule has 0 heterocycles. The second kappa shape index (κ2) is 7.80. The Morgan fingerprint density at radius 2 is 2.29 bits per heavy atom. The van der Waals surface area contributed by atoms with E-state index < -0.39 is 0 Å². The highest BCUT2D eigenvalue weighted by atomic mass is 35.5. The quantitative estimate of drug-likeness (QED) is 0.595. The number of rotatable bonds is 7. The summed E-state index contributed by atoms with van der Waals surface area (Å²) in [5.74, 6) is 2.34. The first-order valence-corrected chi connectivity index (χ1v) is 7.50. The Morgan fingerprint density at radius 1 is 1.53 bits per heavy atom. The van der Waals surface area contributed by atoms with Crippen molar-refractivity contribution in [2.75, 3.05) is 23.4 Å². The molecule has 0 unspecified atom stereocenters. The van der Waals surface area contributed by atoms with E-state index in [1.807, 2.05) is 23.9 Å². The molecule has 2 nitrogen and oxygen atoms in total. The standard InChI is InChI=1S/C12H17ClN2S2/c1-2-17-7-3-6-15-11-5-4-9(12(14)16)8-10(11)13/h4-5,8,15H,2-3,6-7H2,1H3,(H2,14,16). The number of thioether (sulfide) groups is 1. The zero-order valence-corrected chi connectivity index (χ0v) is 12.2. The molecule has 1 aromatic rings. The molecule has 0 radical (unpaired) electrons. The van der Waals surface area contributed by atoms with Crippen LogP contribution in [-0.2, 0) is 0 Å². The molecule has 0 aliphatic heterocycles. The molecule has 0 saturated carbocycles. The van der Waals surface area contributed by atoms with Crippen LogP contribution in [-0.4, -0.2) is 23.0 Å². The van der Waals surface area contributed by atoms with Crippen molar-refractivity contribution in [1.29, 1.82) is 0 Å². The second-order valence-corrected chi connectivity index (χ2v) is 5.78. The van der Waals surface area contributed by atoms with Gasteiger partial charge >= 0.3 is 0 Å². The Balaban J connectivity index is 2.46. The zero-order valence-electron chi connectivity index (χ0n) is 9.83. The predicted octanol–water partition coefficient (Wildman–Crippen LogP) is 3.53. The van der Waals surface area contributed by atoms with Crippen LogP contribution in [0.15, 0.2) is 18.2 Å². The summed E-state index contributed by atoms with van der Waals surface area (Å²) in [4.78, 5) is 0.373. The number of anilines is 1. The van der Waals surface area contributed by atoms with Crippen molar-refractivity contribution in [3.05, 3.63) is 28.8 Å². The number of nitrogens with two attached hydrogens (primary N) is 1. The molecular formula is C12H17ClN2S2. The highest BCUT2D eigenvalue weighted by molar-refractivity contribution is 7.99. The van der Waals surface area contributed by atoms with Gasteiger partial charge in [-0.3, -0.25) is 0 Å². The summed E-state index contributed by atoms with van der Waals surface area (Å²) in [5, 5.41) is 3.97. The Kier molecular flexibility index (Phi) is 6.70. The van der Waals surface area contributed by atoms with E-state index in [0.29, 0.717) is 10.0 Å². The highest BCUT2D eigenvalue weighted by Gasteiger charge is 2.02. The van der Waals surface area contributed by atoms with E-state index in [1.54, 1.807) is 6.07 Å². The van der Waals surface area contributed by atoms with Crippen LogP contribution in [0.2, 0.25) is 5.02 Å². The minimum atomic E-state index is 0.373. The molecule has 0 bridgehead atoms. The van der Waals surface area contributed by atoms with Crippen LogP contribution in [0.4, 0.5) is 5.69 Å². The normalized spacial score (nSPS) is 10.2. The van der Waals surface area contributed by atoms with Crippen LogP contribution in [0.25, 0.3) is 0 Å². The monoisotopic (exact) mass is 288 g/mol. The van der Waals surface area contributed by atoms with Gasteiger partial charge in [0.1, 0.15) is 4.99 Å². The Morgan fingerprint density at radius 3 is 2.88 bits per heavy atom. The maximum Gasteiger partial charge on any atom is 0.104 e. The van der Waals surface area contributed by atoms with Crippen molar-refractivity contribution in [2.45, 2.75) is 13.3 Å². The second-order valence-electron chi connectivity index (χ2n) is 3.54. The Labute approximate surface area is 117 Å². The van der Waals surface area contributed by atoms with Crippen molar-refractivity contribution in [3.8, 4) is 0 Å². The van der Waals surface area contributed by atoms with Gasteiger partial charge in [0, 0.05) is 12.1 Å². The van der Waals surface area contributed by atoms with Gasteiger partial charge in [-0.25, -0.2) is 0 Å². The number of hydrogen-bond donors (Lipinski definition) is 2. The maximum absolute atomic E-state index is 6.13. The average Bonchev–Trinajstić information content (AvgIpc) is 2.30. The van der Waals surface area contributed by atoms with Gasteiger partial charge in [0.25, 0.3) is 0 Å². The summed E-state index contributed by atoms with van der Waals surface area (Å²) in [6, 6.07) is 5.61. The number of nitrogens with one attached hydrogen (secondary N) is 1. The fourth-order valence-electron chi connectivity index (χ4n) is 1.35. The van der Waals surface area contributed by atoms with Crippen molar-refractivity contribution in [1.82, 2.24) is 0 Å². The fourth-order valence-corrected chi connectivity index (χ4v) is 2.36. The first kappa shape index (κ1) is 14.6. The highest BCUT2D eigenvalue weighted by Crippen LogP contribution is 2.23. The lowest BCUT2D eigenvalue weighted by Gasteiger charge is -2.09. The van der Waals surface area contributed by atoms with Gasteiger partial charge in [0.15, 0.2) is 0 Å². The molecule has 0 aliphatic rings. The topological polar surface area (TPSA) is 38.0 Å². The van der Waals surface area contributed by atoms with Gasteiger partial charge in [0.05, 0.1) is 10.7 Å². The smallest absolute Gasteiger partial charge is 0.104 e. The third-order valence-electron chi connectivity index (χ3n) is 2.24. The van der Waals surface area contributed by atoms with Crippen molar-refractivity contribution < 1.29 is 0 Å². The third kappa shape index (κ3) is 5.15. The number of thiocarbonyl (C=S) groups is 1. The summed E-state index contributed by atoms with van der Waals surface area (Å²) >= 11 is 13.0. The lowest BCUT2D eigenvalue weighted by atomic mass is 10.2. The molecular weight excluding hydrogens is 272 g/mol. The van der Waals surface area contributed by atoms with Crippen LogP contribution in [0.5, 0.6) is 0 Å². The summed E-state index contributed by atoms with van der Waals surface area (Å²) in [5.41, 5.74) is 7.28. The molecule has 3 N–H and O–H groups in total. The molecule has 0 aliphatic carbocycles. The molecule has 94 valence electrons. The molecule has 0 amide bonds. The predicted molar refractivity (Wildman–Crippen MR) is 83.4 cm³/mol. The lowest BCUT2D eigenvalue weighted by Crippen LogP contribution is -2.10. The van der Waals surface area contributed by atoms with Crippen LogP contribution >= 0.6 is 35.6 Å². The Bertz CT molecular complexity index is 383. The van der Waals surface area contributed by atoms with E-state index in [-0.39, 0.29) is 0 Å². The molecule has 0 saturated heterocycles. The van der Waals surface area contributed by atoms with Gasteiger partial charge in [0.2, 0.25) is 0 Å². The third-order valence-corrected chi connectivity index (χ3v) is 3.77. The minimum absolute atomic E-state index is 0.373. The molecule has 0 fully saturated rings. The van der Waals surface area contributed by atoms with E-state index in [2.05, 4.69) is 12.2 Å².